The van der Waals surface area contributed by atoms with Gasteiger partial charge in [0.15, 0.2) is 17.7 Å². The first-order valence-corrected chi connectivity index (χ1v) is 13.3. The lowest BCUT2D eigenvalue weighted by Gasteiger charge is -2.38. The van der Waals surface area contributed by atoms with Gasteiger partial charge in [-0.1, -0.05) is 38.1 Å². The third-order valence-electron chi connectivity index (χ3n) is 7.41. The maximum absolute atomic E-state index is 13.9. The molecule has 0 radical (unpaired) electrons. The van der Waals surface area contributed by atoms with Crippen LogP contribution < -0.4 is 10.2 Å². The average molecular weight is 531 g/mol. The predicted octanol–water partition coefficient (Wildman–Crippen LogP) is 4.30. The molecule has 8 nitrogen and oxygen atoms in total. The molecule has 0 bridgehead atoms. The Kier molecular flexibility index (Phi) is 9.17. The first-order chi connectivity index (χ1) is 18.4. The number of halogens is 2. The molecule has 38 heavy (non-hydrogen) atoms. The highest BCUT2D eigenvalue weighted by Crippen LogP contribution is 2.34. The van der Waals surface area contributed by atoms with Gasteiger partial charge in [-0.2, -0.15) is 0 Å². The monoisotopic (exact) mass is 530 g/mol. The summed E-state index contributed by atoms with van der Waals surface area (Å²) in [6, 6.07) is 12.0. The lowest BCUT2D eigenvalue weighted by molar-refractivity contribution is 0.0827. The summed E-state index contributed by atoms with van der Waals surface area (Å²) in [4.78, 5) is 31.3. The van der Waals surface area contributed by atoms with Crippen LogP contribution in [0.3, 0.4) is 0 Å². The minimum absolute atomic E-state index is 0.156. The molecule has 3 atom stereocenters. The highest BCUT2D eigenvalue weighted by atomic mass is 19.2. The number of carbonyl (C=O) groups is 2. The summed E-state index contributed by atoms with van der Waals surface area (Å²) in [5, 5.41) is 12.6. The van der Waals surface area contributed by atoms with E-state index >= 15 is 0 Å². The number of cyclic esters (lactones) is 1. The maximum atomic E-state index is 13.9. The molecule has 2 aromatic rings. The van der Waals surface area contributed by atoms with Gasteiger partial charge in [-0.05, 0) is 49.1 Å². The van der Waals surface area contributed by atoms with Crippen LogP contribution in [-0.2, 0) is 4.74 Å². The SMILES string of the molecule is CC.O=C(NC1CCN(C2CCN(c3ccccc3)CC2)C1)N1C(=O)OC(CO)C1c1ccc(F)c(F)c1. The molecule has 10 heteroatoms. The molecule has 2 N–H and O–H groups in total. The van der Waals surface area contributed by atoms with Gasteiger partial charge >= 0.3 is 12.1 Å². The zero-order valence-corrected chi connectivity index (χ0v) is 21.9. The number of likely N-dealkylation sites (tertiary alicyclic amines) is 1. The smallest absolute Gasteiger partial charge is 0.419 e. The van der Waals surface area contributed by atoms with E-state index in [1.807, 2.05) is 32.0 Å². The molecule has 3 fully saturated rings. The number of amides is 3. The van der Waals surface area contributed by atoms with Gasteiger partial charge in [0, 0.05) is 44.0 Å². The topological polar surface area (TPSA) is 85.4 Å². The van der Waals surface area contributed by atoms with Gasteiger partial charge < -0.3 is 20.1 Å². The van der Waals surface area contributed by atoms with Crippen LogP contribution in [0.25, 0.3) is 0 Å². The van der Waals surface area contributed by atoms with Crippen LogP contribution in [0.4, 0.5) is 24.1 Å². The maximum Gasteiger partial charge on any atom is 0.419 e. The number of piperidine rings is 1. The Balaban J connectivity index is 0.00000164. The van der Waals surface area contributed by atoms with Crippen LogP contribution in [0.15, 0.2) is 48.5 Å². The molecule has 0 aliphatic carbocycles. The second-order valence-electron chi connectivity index (χ2n) is 9.58. The van der Waals surface area contributed by atoms with Crippen molar-refractivity contribution in [3.63, 3.8) is 0 Å². The standard InChI is InChI=1S/C26H30F2N4O4.C2H6/c27-21-7-6-17(14-22(21)28)24-23(16-33)36-26(35)32(24)25(34)29-18-8-11-31(15-18)20-9-12-30(13-10-20)19-4-2-1-3-5-19;1-2/h1-7,14,18,20,23-24,33H,8-13,15-16H2,(H,29,34);1-2H3. The van der Waals surface area contributed by atoms with E-state index in [2.05, 4.69) is 27.2 Å². The number of anilines is 1. The van der Waals surface area contributed by atoms with Crippen molar-refractivity contribution in [1.29, 1.82) is 0 Å². The van der Waals surface area contributed by atoms with Crippen molar-refractivity contribution in [3.8, 4) is 0 Å². The fraction of sp³-hybridized carbons (Fsp3) is 0.500. The molecular weight excluding hydrogens is 494 g/mol. The molecule has 0 saturated carbocycles. The number of aliphatic hydroxyl groups is 1. The van der Waals surface area contributed by atoms with E-state index in [0.29, 0.717) is 12.6 Å². The van der Waals surface area contributed by atoms with Crippen molar-refractivity contribution >= 4 is 17.8 Å². The summed E-state index contributed by atoms with van der Waals surface area (Å²) in [5.74, 6) is -2.14. The molecule has 3 amide bonds. The highest BCUT2D eigenvalue weighted by molar-refractivity contribution is 5.93. The van der Waals surface area contributed by atoms with Crippen LogP contribution in [0, 0.1) is 11.6 Å². The first-order valence-electron chi connectivity index (χ1n) is 13.3. The Morgan fingerprint density at radius 3 is 2.39 bits per heavy atom. The van der Waals surface area contributed by atoms with Gasteiger partial charge in [0.1, 0.15) is 6.04 Å². The first kappa shape index (κ1) is 27.8. The molecule has 5 rings (SSSR count). The molecule has 3 aliphatic heterocycles. The number of aliphatic hydroxyl groups excluding tert-OH is 1. The third kappa shape index (κ3) is 5.91. The molecular formula is C28H36F2N4O4. The van der Waals surface area contributed by atoms with E-state index in [1.165, 1.54) is 11.8 Å². The van der Waals surface area contributed by atoms with Crippen LogP contribution in [0.1, 0.15) is 44.7 Å². The molecule has 3 unspecified atom stereocenters. The number of nitrogens with zero attached hydrogens (tertiary/aromatic N) is 3. The lowest BCUT2D eigenvalue weighted by Crippen LogP contribution is -2.49. The van der Waals surface area contributed by atoms with E-state index in [4.69, 9.17) is 4.74 Å². The third-order valence-corrected chi connectivity index (χ3v) is 7.41. The van der Waals surface area contributed by atoms with E-state index in [-0.39, 0.29) is 11.6 Å². The molecule has 0 spiro atoms. The van der Waals surface area contributed by atoms with Gasteiger partial charge in [0.25, 0.3) is 0 Å². The van der Waals surface area contributed by atoms with Gasteiger partial charge in [-0.25, -0.2) is 23.3 Å². The molecule has 0 aromatic heterocycles. The van der Waals surface area contributed by atoms with Crippen LogP contribution >= 0.6 is 0 Å². The number of urea groups is 1. The molecule has 206 valence electrons. The van der Waals surface area contributed by atoms with Crippen molar-refractivity contribution in [1.82, 2.24) is 15.1 Å². The Labute approximate surface area is 222 Å². The number of imide groups is 1. The van der Waals surface area contributed by atoms with E-state index < -0.39 is 42.5 Å². The number of nitrogens with one attached hydrogen (secondary N) is 1. The van der Waals surface area contributed by atoms with Gasteiger partial charge in [-0.15, -0.1) is 0 Å². The van der Waals surface area contributed by atoms with Gasteiger partial charge in [0.05, 0.1) is 6.61 Å². The summed E-state index contributed by atoms with van der Waals surface area (Å²) in [7, 11) is 0. The highest BCUT2D eigenvalue weighted by Gasteiger charge is 2.47. The van der Waals surface area contributed by atoms with Crippen molar-refractivity contribution in [2.45, 2.75) is 57.3 Å². The second kappa shape index (κ2) is 12.5. The number of carbonyl (C=O) groups excluding carboxylic acids is 2. The molecule has 3 saturated heterocycles. The van der Waals surface area contributed by atoms with E-state index in [1.54, 1.807) is 0 Å². The number of benzene rings is 2. The molecule has 3 aliphatic rings. The summed E-state index contributed by atoms with van der Waals surface area (Å²) < 4.78 is 32.5. The Morgan fingerprint density at radius 2 is 1.74 bits per heavy atom. The number of hydrogen-bond donors (Lipinski definition) is 2. The summed E-state index contributed by atoms with van der Waals surface area (Å²) in [6.07, 6.45) is 0.814. The minimum atomic E-state index is -1.10. The van der Waals surface area contributed by atoms with Crippen LogP contribution in [0.5, 0.6) is 0 Å². The fourth-order valence-electron chi connectivity index (χ4n) is 5.55. The summed E-state index contributed by atoms with van der Waals surface area (Å²) >= 11 is 0. The number of hydrogen-bond acceptors (Lipinski definition) is 6. The largest absolute Gasteiger partial charge is 0.441 e. The summed E-state index contributed by atoms with van der Waals surface area (Å²) in [6.45, 7) is 6.90. The normalized spacial score (nSPS) is 24.1. The van der Waals surface area contributed by atoms with Crippen molar-refractivity contribution in [2.75, 3.05) is 37.7 Å². The van der Waals surface area contributed by atoms with Crippen molar-refractivity contribution in [2.24, 2.45) is 0 Å². The Morgan fingerprint density at radius 1 is 1.03 bits per heavy atom. The second-order valence-corrected chi connectivity index (χ2v) is 9.58. The molecule has 2 aromatic carbocycles. The minimum Gasteiger partial charge on any atom is -0.441 e. The predicted molar refractivity (Wildman–Crippen MR) is 140 cm³/mol. The quantitative estimate of drug-likeness (QED) is 0.600. The van der Waals surface area contributed by atoms with Crippen molar-refractivity contribution in [3.05, 3.63) is 65.7 Å². The van der Waals surface area contributed by atoms with E-state index in [9.17, 15) is 23.5 Å². The van der Waals surface area contributed by atoms with E-state index in [0.717, 1.165) is 55.9 Å². The lowest BCUT2D eigenvalue weighted by atomic mass is 10.0. The van der Waals surface area contributed by atoms with Gasteiger partial charge in [0.2, 0.25) is 0 Å². The van der Waals surface area contributed by atoms with Crippen LogP contribution in [0.2, 0.25) is 0 Å². The average Bonchev–Trinajstić information content (AvgIpc) is 3.56. The summed E-state index contributed by atoms with van der Waals surface area (Å²) in [5.41, 5.74) is 1.41. The fourth-order valence-corrected chi connectivity index (χ4v) is 5.55. The van der Waals surface area contributed by atoms with Crippen molar-refractivity contribution < 1.29 is 28.2 Å². The van der Waals surface area contributed by atoms with Gasteiger partial charge in [-0.3, -0.25) is 4.90 Å². The zero-order valence-electron chi connectivity index (χ0n) is 21.9. The Bertz CT molecular complexity index is 1100. The number of rotatable bonds is 5. The number of ether oxygens (including phenoxy) is 1. The van der Waals surface area contributed by atoms with Crippen LogP contribution in [-0.4, -0.2) is 78.0 Å². The Hall–Kier alpha value is -3.24. The molecule has 3 heterocycles. The zero-order chi connectivity index (χ0) is 27.2. The number of para-hydroxylation sites is 1.